The Morgan fingerprint density at radius 2 is 0.929 bits per heavy atom. The van der Waals surface area contributed by atoms with Gasteiger partial charge in [-0.25, -0.2) is 9.97 Å². The average molecular weight is 1070 g/mol. The number of hydrogen-bond acceptors (Lipinski definition) is 2. The van der Waals surface area contributed by atoms with Gasteiger partial charge in [-0.15, -0.1) is 0 Å². The van der Waals surface area contributed by atoms with Crippen LogP contribution in [0.5, 0.6) is 0 Å². The Morgan fingerprint density at radius 1 is 0.476 bits per heavy atom. The number of benzene rings is 2. The minimum absolute atomic E-state index is 0.782. The average Bonchev–Trinajstić information content (AvgIpc) is 3.59. The van der Waals surface area contributed by atoms with Crippen LogP contribution in [-0.4, -0.2) is 19.5 Å². The Kier molecular flexibility index (Phi) is 8.16. The zero-order valence-electron chi connectivity index (χ0n) is 20.7. The number of aromatic nitrogens is 4. The van der Waals surface area contributed by atoms with Crippen LogP contribution in [0.1, 0.15) is 22.8 Å². The molecule has 7 rings (SSSR count). The van der Waals surface area contributed by atoms with Crippen LogP contribution in [-0.2, 0) is 0 Å². The van der Waals surface area contributed by atoms with E-state index in [1.807, 2.05) is 12.1 Å². The fraction of sp³-hybridized carbons (Fsp3) is 0. The monoisotopic (exact) mass is 1060 g/mol. The van der Waals surface area contributed by atoms with Gasteiger partial charge in [0.05, 0.1) is 80.7 Å². The Morgan fingerprint density at radius 3 is 1.43 bits per heavy atom. The van der Waals surface area contributed by atoms with E-state index in [2.05, 4.69) is 192 Å². The lowest BCUT2D eigenvalue weighted by molar-refractivity contribution is 1.17. The molecule has 0 unspecified atom stereocenters. The van der Waals surface area contributed by atoms with Gasteiger partial charge in [0.1, 0.15) is 0 Å². The maximum atomic E-state index is 5.01. The minimum Gasteiger partial charge on any atom is -0.353 e. The first-order chi connectivity index (χ1) is 20.1. The summed E-state index contributed by atoms with van der Waals surface area (Å²) in [4.78, 5) is 13.5. The van der Waals surface area contributed by atoms with E-state index in [1.165, 1.54) is 5.39 Å². The van der Waals surface area contributed by atoms with Gasteiger partial charge in [0, 0.05) is 5.69 Å². The van der Waals surface area contributed by atoms with Crippen molar-refractivity contribution in [3.63, 3.8) is 0 Å². The second-order valence-corrected chi connectivity index (χ2v) is 15.8. The third-order valence-corrected chi connectivity index (χ3v) is 15.5. The molecule has 208 valence electrons. The zero-order valence-corrected chi connectivity index (χ0v) is 33.4. The van der Waals surface area contributed by atoms with Crippen LogP contribution >= 0.6 is 127 Å². The van der Waals surface area contributed by atoms with Crippen LogP contribution in [0.15, 0.2) is 84.6 Å². The summed E-state index contributed by atoms with van der Waals surface area (Å²) in [7, 11) is 0. The fourth-order valence-electron chi connectivity index (χ4n) is 4.91. The highest BCUT2D eigenvalue weighted by Gasteiger charge is 2.22. The predicted octanol–water partition coefficient (Wildman–Crippen LogP) is 13.2. The number of nitrogens with zero attached hydrogens (tertiary/aromatic N) is 3. The Bertz CT molecular complexity index is 2130. The number of hydrogen-bond donors (Lipinski definition) is 1. The summed E-state index contributed by atoms with van der Waals surface area (Å²) in [6.45, 7) is 0. The van der Waals surface area contributed by atoms with E-state index in [4.69, 9.17) is 9.97 Å². The molecule has 0 fully saturated rings. The van der Waals surface area contributed by atoms with E-state index in [-0.39, 0.29) is 0 Å². The molecule has 2 aromatic carbocycles. The largest absolute Gasteiger partial charge is 0.353 e. The molecule has 0 saturated carbocycles. The van der Waals surface area contributed by atoms with E-state index in [1.54, 1.807) is 0 Å². The van der Waals surface area contributed by atoms with Crippen molar-refractivity contribution in [2.45, 2.75) is 0 Å². The van der Waals surface area contributed by atoms with Crippen LogP contribution < -0.4 is 0 Å². The third kappa shape index (κ3) is 4.96. The Balaban J connectivity index is 1.69. The number of rotatable bonds is 1. The highest BCUT2D eigenvalue weighted by atomic mass is 79.9. The summed E-state index contributed by atoms with van der Waals surface area (Å²) in [6.07, 6.45) is 0. The standard InChI is InChI=1S/C30H12Br8N4/c31-23-15-8-17-25(33)27(35)19(40-17)10-21-29(37)30(38)22(42(21)14-6-5-12-3-1-2-4-13(12)7-14)11-20-28(36)26(34)18(41-20)9-16(39-15)24(23)32/h1-11,39H. The normalized spacial score (nSPS) is 13.5. The predicted molar refractivity (Wildman–Crippen MR) is 204 cm³/mol. The lowest BCUT2D eigenvalue weighted by Crippen LogP contribution is -1.94. The lowest BCUT2D eigenvalue weighted by Gasteiger charge is -2.09. The summed E-state index contributed by atoms with van der Waals surface area (Å²) in [6, 6.07) is 23.0. The second kappa shape index (κ2) is 11.5. The molecule has 0 amide bonds. The first-order valence-corrected chi connectivity index (χ1v) is 18.5. The van der Waals surface area contributed by atoms with Crippen LogP contribution in [0.25, 0.3) is 56.5 Å². The number of aromatic amines is 1. The van der Waals surface area contributed by atoms with Gasteiger partial charge < -0.3 is 9.55 Å². The smallest absolute Gasteiger partial charge is 0.0812 e. The Labute approximate surface area is 307 Å². The van der Waals surface area contributed by atoms with Crippen molar-refractivity contribution in [1.29, 1.82) is 0 Å². The SMILES string of the molecule is BrC1=C(Br)c2cc3c(Br)c(Br)c(cc4nc(cc5[nH]c(cc1n2)c(Br)c5Br)C(Br)=C4Br)n3-c1ccc2ccccc2c1. The van der Waals surface area contributed by atoms with Gasteiger partial charge in [-0.05, 0) is 175 Å². The van der Waals surface area contributed by atoms with Gasteiger partial charge in [-0.2, -0.15) is 0 Å². The molecular weight excluding hydrogens is 1060 g/mol. The molecule has 5 heterocycles. The molecule has 12 heteroatoms. The topological polar surface area (TPSA) is 46.5 Å². The molecule has 1 N–H and O–H groups in total. The van der Waals surface area contributed by atoms with Crippen LogP contribution in [0.4, 0.5) is 0 Å². The molecule has 2 aliphatic heterocycles. The summed E-state index contributed by atoms with van der Waals surface area (Å²) in [5.41, 5.74) is 7.73. The molecule has 5 aromatic rings. The van der Waals surface area contributed by atoms with Crippen molar-refractivity contribution in [3.8, 4) is 5.69 Å². The van der Waals surface area contributed by atoms with Crippen molar-refractivity contribution in [1.82, 2.24) is 19.5 Å². The zero-order chi connectivity index (χ0) is 29.4. The molecule has 2 aliphatic rings. The summed E-state index contributed by atoms with van der Waals surface area (Å²) in [5.74, 6) is 0. The molecule has 0 radical (unpaired) electrons. The van der Waals surface area contributed by atoms with Crippen molar-refractivity contribution < 1.29 is 0 Å². The molecular formula is C30H12Br8N4. The van der Waals surface area contributed by atoms with Gasteiger partial charge in [-0.1, -0.05) is 30.3 Å². The lowest BCUT2D eigenvalue weighted by atomic mass is 10.1. The fourth-order valence-corrected chi connectivity index (χ4v) is 8.38. The highest BCUT2D eigenvalue weighted by Crippen LogP contribution is 2.44. The quantitative estimate of drug-likeness (QED) is 0.182. The summed E-state index contributed by atoms with van der Waals surface area (Å²) >= 11 is 30.3. The molecule has 0 saturated heterocycles. The van der Waals surface area contributed by atoms with Gasteiger partial charge in [0.15, 0.2) is 0 Å². The van der Waals surface area contributed by atoms with Crippen LogP contribution in [0.3, 0.4) is 0 Å². The first-order valence-electron chi connectivity index (χ1n) is 12.2. The first kappa shape index (κ1) is 29.8. The third-order valence-electron chi connectivity index (χ3n) is 6.93. The molecule has 4 nitrogen and oxygen atoms in total. The van der Waals surface area contributed by atoms with E-state index >= 15 is 0 Å². The van der Waals surface area contributed by atoms with Crippen molar-refractivity contribution >= 4 is 178 Å². The maximum absolute atomic E-state index is 5.01. The molecule has 0 spiro atoms. The number of nitrogens with one attached hydrogen (secondary N) is 1. The van der Waals surface area contributed by atoms with Crippen molar-refractivity contribution in [2.75, 3.05) is 0 Å². The minimum atomic E-state index is 0.782. The highest BCUT2D eigenvalue weighted by molar-refractivity contribution is 9.18. The number of fused-ring (bicyclic) bond motifs is 9. The van der Waals surface area contributed by atoms with E-state index in [0.717, 1.165) is 91.7 Å². The van der Waals surface area contributed by atoms with Gasteiger partial charge in [0.25, 0.3) is 0 Å². The van der Waals surface area contributed by atoms with Crippen molar-refractivity contribution in [3.05, 3.63) is 107 Å². The summed E-state index contributed by atoms with van der Waals surface area (Å²) < 4.78 is 9.25. The van der Waals surface area contributed by atoms with Gasteiger partial charge >= 0.3 is 0 Å². The molecule has 0 aliphatic carbocycles. The van der Waals surface area contributed by atoms with Crippen LogP contribution in [0.2, 0.25) is 0 Å². The maximum Gasteiger partial charge on any atom is 0.0812 e. The van der Waals surface area contributed by atoms with E-state index < -0.39 is 0 Å². The van der Waals surface area contributed by atoms with E-state index in [9.17, 15) is 0 Å². The van der Waals surface area contributed by atoms with Gasteiger partial charge in [0.2, 0.25) is 0 Å². The molecule has 3 aromatic heterocycles. The molecule has 42 heavy (non-hydrogen) atoms. The summed E-state index contributed by atoms with van der Waals surface area (Å²) in [5, 5.41) is 2.32. The second-order valence-electron chi connectivity index (χ2n) is 9.44. The number of H-pyrrole nitrogens is 1. The Hall–Kier alpha value is -0.860. The van der Waals surface area contributed by atoms with Crippen LogP contribution in [0, 0.1) is 0 Å². The number of halogens is 8. The van der Waals surface area contributed by atoms with Gasteiger partial charge in [-0.3, -0.25) is 0 Å². The molecule has 8 bridgehead atoms. The molecule has 0 atom stereocenters. The van der Waals surface area contributed by atoms with Crippen molar-refractivity contribution in [2.24, 2.45) is 0 Å². The van der Waals surface area contributed by atoms with E-state index in [0.29, 0.717) is 0 Å².